The predicted molar refractivity (Wildman–Crippen MR) is 146 cm³/mol. The van der Waals surface area contributed by atoms with Gasteiger partial charge in [0.25, 0.3) is 0 Å². The highest BCUT2D eigenvalue weighted by Gasteiger charge is 2.39. The van der Waals surface area contributed by atoms with E-state index in [0.717, 1.165) is 40.6 Å². The summed E-state index contributed by atoms with van der Waals surface area (Å²) >= 11 is 0. The van der Waals surface area contributed by atoms with Crippen molar-refractivity contribution in [2.24, 2.45) is 0 Å². The second-order valence-electron chi connectivity index (χ2n) is 9.10. The van der Waals surface area contributed by atoms with Gasteiger partial charge in [-0.1, -0.05) is 30.3 Å². The molecule has 0 radical (unpaired) electrons. The van der Waals surface area contributed by atoms with Crippen LogP contribution in [0.25, 0.3) is 16.7 Å². The summed E-state index contributed by atoms with van der Waals surface area (Å²) in [6.07, 6.45) is -13.5. The lowest BCUT2D eigenvalue weighted by Crippen LogP contribution is -2.21. The van der Waals surface area contributed by atoms with Crippen molar-refractivity contribution in [3.8, 4) is 0 Å². The first kappa shape index (κ1) is 38.4. The lowest BCUT2D eigenvalue weighted by molar-refractivity contribution is -0.193. The number of halogens is 9. The molecule has 0 spiro atoms. The Kier molecular flexibility index (Phi) is 12.1. The number of carbonyl (C=O) groups is 3. The van der Waals surface area contributed by atoms with Gasteiger partial charge in [-0.25, -0.2) is 14.4 Å². The van der Waals surface area contributed by atoms with Gasteiger partial charge < -0.3 is 25.2 Å². The van der Waals surface area contributed by atoms with E-state index in [1.807, 2.05) is 19.1 Å². The van der Waals surface area contributed by atoms with E-state index in [1.54, 1.807) is 6.20 Å². The van der Waals surface area contributed by atoms with Crippen LogP contribution >= 0.6 is 0 Å². The summed E-state index contributed by atoms with van der Waals surface area (Å²) in [4.78, 5) is 26.7. The Morgan fingerprint density at radius 2 is 1.27 bits per heavy atom. The highest BCUT2D eigenvalue weighted by molar-refractivity contribution is 5.89. The molecule has 5 aromatic rings. The zero-order chi connectivity index (χ0) is 36.6. The number of benzene rings is 1. The lowest BCUT2D eigenvalue weighted by Gasteiger charge is -2.11. The number of hydrogen-bond acceptors (Lipinski definition) is 7. The number of H-pyrrole nitrogens is 1. The minimum atomic E-state index is -5.08. The SMILES string of the molecule is Cc1cc2c(cc(Nc3ccn[nH]3)c3nnc(C)n32)n1Cc1ccccc1.O=C(O)C(F)(F)F.O=C(O)C(F)(F)F.O=C(O)C(F)(F)F. The number of nitrogens with zero attached hydrogens (tertiary/aromatic N) is 5. The van der Waals surface area contributed by atoms with Gasteiger partial charge in [0, 0.05) is 18.3 Å². The number of pyridine rings is 1. The van der Waals surface area contributed by atoms with Gasteiger partial charge >= 0.3 is 36.4 Å². The molecule has 13 nitrogen and oxygen atoms in total. The third kappa shape index (κ3) is 10.6. The highest BCUT2D eigenvalue weighted by atomic mass is 19.4. The summed E-state index contributed by atoms with van der Waals surface area (Å²) in [5, 5.41) is 40.4. The number of aromatic amines is 1. The van der Waals surface area contributed by atoms with Crippen molar-refractivity contribution in [2.45, 2.75) is 38.9 Å². The number of carboxylic acids is 3. The van der Waals surface area contributed by atoms with Gasteiger partial charge in [-0.05, 0) is 31.5 Å². The number of aliphatic carboxylic acids is 3. The van der Waals surface area contributed by atoms with Gasteiger partial charge in [-0.15, -0.1) is 10.2 Å². The average molecular weight is 699 g/mol. The second-order valence-corrected chi connectivity index (χ2v) is 9.10. The first-order chi connectivity index (χ1) is 22.0. The predicted octanol–water partition coefficient (Wildman–Crippen LogP) is 5.72. The molecule has 0 saturated heterocycles. The molecule has 0 aliphatic heterocycles. The van der Waals surface area contributed by atoms with Crippen molar-refractivity contribution in [1.29, 1.82) is 0 Å². The molecule has 0 atom stereocenters. The molecule has 48 heavy (non-hydrogen) atoms. The van der Waals surface area contributed by atoms with Crippen molar-refractivity contribution >= 4 is 46.1 Å². The largest absolute Gasteiger partial charge is 0.490 e. The van der Waals surface area contributed by atoms with Gasteiger partial charge in [0.05, 0.1) is 22.9 Å². The molecule has 0 amide bonds. The van der Waals surface area contributed by atoms with E-state index >= 15 is 0 Å². The van der Waals surface area contributed by atoms with Crippen molar-refractivity contribution in [3.63, 3.8) is 0 Å². The average Bonchev–Trinajstić information content (AvgIpc) is 3.69. The van der Waals surface area contributed by atoms with Crippen LogP contribution < -0.4 is 5.32 Å². The Bertz CT molecular complexity index is 1790. The maximum atomic E-state index is 10.6. The Labute approximate surface area is 261 Å². The van der Waals surface area contributed by atoms with Crippen LogP contribution in [0, 0.1) is 13.8 Å². The first-order valence-electron chi connectivity index (χ1n) is 12.6. The van der Waals surface area contributed by atoms with Crippen LogP contribution in [0.3, 0.4) is 0 Å². The second kappa shape index (κ2) is 15.2. The van der Waals surface area contributed by atoms with E-state index in [0.29, 0.717) is 0 Å². The number of carboxylic acid groups (broad SMARTS) is 3. The molecule has 1 aromatic carbocycles. The first-order valence-corrected chi connectivity index (χ1v) is 12.6. The fraction of sp³-hybridized carbons (Fsp3) is 0.231. The fourth-order valence-corrected chi connectivity index (χ4v) is 3.57. The number of rotatable bonds is 4. The molecule has 0 saturated carbocycles. The summed E-state index contributed by atoms with van der Waals surface area (Å²) in [7, 11) is 0. The van der Waals surface area contributed by atoms with E-state index in [9.17, 15) is 39.5 Å². The van der Waals surface area contributed by atoms with Crippen LogP contribution in [0.15, 0.2) is 54.7 Å². The number of nitrogens with one attached hydrogen (secondary N) is 2. The smallest absolute Gasteiger partial charge is 0.475 e. The number of alkyl halides is 9. The van der Waals surface area contributed by atoms with E-state index < -0.39 is 36.4 Å². The van der Waals surface area contributed by atoms with Gasteiger partial charge in [-0.2, -0.15) is 44.6 Å². The van der Waals surface area contributed by atoms with Crippen LogP contribution in [-0.4, -0.2) is 81.1 Å². The zero-order valence-electron chi connectivity index (χ0n) is 24.1. The summed E-state index contributed by atoms with van der Waals surface area (Å²) in [6.45, 7) is 4.92. The third-order valence-corrected chi connectivity index (χ3v) is 5.59. The molecule has 0 aliphatic rings. The van der Waals surface area contributed by atoms with Gasteiger partial charge in [0.2, 0.25) is 0 Å². The maximum absolute atomic E-state index is 10.6. The van der Waals surface area contributed by atoms with Crippen LogP contribution in [0.4, 0.5) is 51.0 Å². The summed E-state index contributed by atoms with van der Waals surface area (Å²) in [6, 6.07) is 16.7. The molecule has 260 valence electrons. The topological polar surface area (TPSA) is 188 Å². The number of fused-ring (bicyclic) bond motifs is 3. The molecule has 0 bridgehead atoms. The standard InChI is InChI=1S/C20H19N7.3C2HF3O2/c1-13-10-18-17(26(13)12-15-6-4-3-5-7-15)11-16(22-19-8-9-21-24-19)20-25-23-14(2)27(18)20;3*3-2(4,5)1(6)7/h3-11H,12H2,1-2H3,(H2,21,22,24);3*(H,6,7). The van der Waals surface area contributed by atoms with E-state index in [4.69, 9.17) is 29.7 Å². The number of aryl methyl sites for hydroxylation is 2. The number of anilines is 2. The van der Waals surface area contributed by atoms with Crippen molar-refractivity contribution in [2.75, 3.05) is 5.32 Å². The van der Waals surface area contributed by atoms with Gasteiger partial charge in [0.1, 0.15) is 11.6 Å². The fourth-order valence-electron chi connectivity index (χ4n) is 3.57. The van der Waals surface area contributed by atoms with E-state index in [1.165, 1.54) is 11.3 Å². The molecule has 5 N–H and O–H groups in total. The molecular weight excluding hydrogens is 677 g/mol. The molecule has 0 unspecified atom stereocenters. The summed E-state index contributed by atoms with van der Waals surface area (Å²) in [5.41, 5.74) is 6.39. The quantitative estimate of drug-likeness (QED) is 0.145. The molecule has 5 rings (SSSR count). The van der Waals surface area contributed by atoms with Gasteiger partial charge in [0.15, 0.2) is 5.65 Å². The minimum Gasteiger partial charge on any atom is -0.475 e. The van der Waals surface area contributed by atoms with Gasteiger partial charge in [-0.3, -0.25) is 9.50 Å². The van der Waals surface area contributed by atoms with Crippen molar-refractivity contribution in [1.82, 2.24) is 29.4 Å². The van der Waals surface area contributed by atoms with Crippen LogP contribution in [0.5, 0.6) is 0 Å². The number of hydrogen-bond donors (Lipinski definition) is 5. The number of aromatic nitrogens is 6. The Morgan fingerprint density at radius 1 is 0.771 bits per heavy atom. The van der Waals surface area contributed by atoms with Crippen LogP contribution in [0.2, 0.25) is 0 Å². The van der Waals surface area contributed by atoms with Crippen molar-refractivity contribution < 1.29 is 69.2 Å². The van der Waals surface area contributed by atoms with Crippen LogP contribution in [0.1, 0.15) is 17.1 Å². The lowest BCUT2D eigenvalue weighted by atomic mass is 10.2. The Hall–Kier alpha value is -5.83. The third-order valence-electron chi connectivity index (χ3n) is 5.59. The summed E-state index contributed by atoms with van der Waals surface area (Å²) in [5.74, 6) is -6.59. The maximum Gasteiger partial charge on any atom is 0.490 e. The highest BCUT2D eigenvalue weighted by Crippen LogP contribution is 2.30. The van der Waals surface area contributed by atoms with Crippen LogP contribution in [-0.2, 0) is 20.9 Å². The Morgan fingerprint density at radius 3 is 1.71 bits per heavy atom. The minimum absolute atomic E-state index is 0.798. The normalized spacial score (nSPS) is 11.4. The zero-order valence-corrected chi connectivity index (χ0v) is 24.1. The molecule has 4 aromatic heterocycles. The molecule has 4 heterocycles. The molecule has 0 fully saturated rings. The molecular formula is C26H22F9N7O6. The summed E-state index contributed by atoms with van der Waals surface area (Å²) < 4.78 is 99.6. The van der Waals surface area contributed by atoms with Crippen molar-refractivity contribution in [3.05, 3.63) is 71.8 Å². The van der Waals surface area contributed by atoms with E-state index in [-0.39, 0.29) is 0 Å². The Balaban J connectivity index is 0.000000313. The van der Waals surface area contributed by atoms with E-state index in [2.05, 4.69) is 78.0 Å². The monoisotopic (exact) mass is 699 g/mol. The molecule has 0 aliphatic carbocycles. The molecule has 22 heteroatoms.